The number of rotatable bonds is 5. The molecule has 0 bridgehead atoms. The maximum absolute atomic E-state index is 14.5. The maximum Gasteiger partial charge on any atom is 0.208 e. The largest absolute Gasteiger partial charge is 0.493 e. The van der Waals surface area contributed by atoms with Gasteiger partial charge < -0.3 is 15.8 Å². The predicted octanol–water partition coefficient (Wildman–Crippen LogP) is 3.85. The lowest BCUT2D eigenvalue weighted by molar-refractivity contribution is 0.356. The van der Waals surface area contributed by atoms with Gasteiger partial charge in [0.15, 0.2) is 0 Å². The zero-order chi connectivity index (χ0) is 20.7. The number of aryl methyl sites for hydroxylation is 1. The van der Waals surface area contributed by atoms with E-state index in [1.807, 2.05) is 22.7 Å². The first kappa shape index (κ1) is 18.6. The first-order valence-corrected chi connectivity index (χ1v) is 9.95. The molecule has 2 aromatic carbocycles. The molecule has 0 radical (unpaired) electrons. The Morgan fingerprint density at radius 1 is 1.27 bits per heavy atom. The van der Waals surface area contributed by atoms with Crippen LogP contribution in [-0.2, 0) is 19.5 Å². The van der Waals surface area contributed by atoms with Crippen LogP contribution in [0.25, 0.3) is 16.8 Å². The van der Waals surface area contributed by atoms with E-state index in [9.17, 15) is 4.39 Å². The first-order chi connectivity index (χ1) is 14.6. The lowest BCUT2D eigenvalue weighted by Gasteiger charge is -2.13. The molecule has 0 atom stereocenters. The van der Waals surface area contributed by atoms with E-state index in [1.54, 1.807) is 12.3 Å². The minimum absolute atomic E-state index is 0.243. The Morgan fingerprint density at radius 3 is 3.00 bits per heavy atom. The molecule has 0 amide bonds. The fourth-order valence-corrected chi connectivity index (χ4v) is 3.95. The molecule has 1 aliphatic heterocycles. The van der Waals surface area contributed by atoms with Gasteiger partial charge in [0.25, 0.3) is 0 Å². The Labute approximate surface area is 173 Å². The molecule has 2 aromatic heterocycles. The highest BCUT2D eigenvalue weighted by Crippen LogP contribution is 2.31. The van der Waals surface area contributed by atoms with E-state index in [0.717, 1.165) is 39.3 Å². The number of ether oxygens (including phenoxy) is 1. The summed E-state index contributed by atoms with van der Waals surface area (Å²) in [6.07, 6.45) is 4.38. The third-order valence-corrected chi connectivity index (χ3v) is 5.44. The van der Waals surface area contributed by atoms with Crippen LogP contribution in [0.5, 0.6) is 5.75 Å². The van der Waals surface area contributed by atoms with Crippen molar-refractivity contribution in [3.8, 4) is 16.9 Å². The Hall–Kier alpha value is -3.45. The van der Waals surface area contributed by atoms with E-state index in [2.05, 4.69) is 29.4 Å². The Bertz CT molecular complexity index is 1250. The lowest BCUT2D eigenvalue weighted by atomic mass is 10.0. The number of hydrogen-bond acceptors (Lipinski definition) is 5. The van der Waals surface area contributed by atoms with Crippen LogP contribution in [0.1, 0.15) is 22.4 Å². The van der Waals surface area contributed by atoms with Crippen LogP contribution in [-0.4, -0.2) is 21.0 Å². The van der Waals surface area contributed by atoms with Crippen molar-refractivity contribution < 1.29 is 9.13 Å². The van der Waals surface area contributed by atoms with Crippen molar-refractivity contribution in [2.75, 3.05) is 11.9 Å². The molecule has 3 heterocycles. The second kappa shape index (κ2) is 7.42. The Morgan fingerprint density at radius 2 is 2.17 bits per heavy atom. The SMILES string of the molecule is Cc1cccc(-c2cnc(NCc3c(F)ccc4c3CCO4)n3cc(CN)nc23)c1. The van der Waals surface area contributed by atoms with Crippen LogP contribution < -0.4 is 15.8 Å². The molecular weight excluding hydrogens is 381 g/mol. The quantitative estimate of drug-likeness (QED) is 0.529. The molecule has 0 spiro atoms. The molecule has 30 heavy (non-hydrogen) atoms. The standard InChI is InChI=1S/C23H22FN5O/c1-14-3-2-4-15(9-14)18-11-26-23(29-13-16(10-25)28-22(18)29)27-12-19-17-7-8-30-21(17)6-5-20(19)24/h2-6,9,11,13H,7-8,10,12,25H2,1H3,(H,26,27). The number of nitrogens with two attached hydrogens (primary N) is 1. The highest BCUT2D eigenvalue weighted by Gasteiger charge is 2.20. The molecule has 7 heteroatoms. The summed E-state index contributed by atoms with van der Waals surface area (Å²) >= 11 is 0. The maximum atomic E-state index is 14.5. The number of nitrogens with one attached hydrogen (secondary N) is 1. The molecule has 1 aliphatic rings. The van der Waals surface area contributed by atoms with Crippen molar-refractivity contribution in [3.05, 3.63) is 77.0 Å². The monoisotopic (exact) mass is 403 g/mol. The van der Waals surface area contributed by atoms with Crippen LogP contribution in [0.2, 0.25) is 0 Å². The predicted molar refractivity (Wildman–Crippen MR) is 114 cm³/mol. The van der Waals surface area contributed by atoms with Gasteiger partial charge in [-0.2, -0.15) is 0 Å². The molecule has 0 saturated heterocycles. The van der Waals surface area contributed by atoms with E-state index < -0.39 is 0 Å². The fourth-order valence-electron chi connectivity index (χ4n) is 3.95. The average molecular weight is 403 g/mol. The van der Waals surface area contributed by atoms with Crippen LogP contribution in [0.4, 0.5) is 10.3 Å². The number of benzene rings is 2. The topological polar surface area (TPSA) is 77.5 Å². The zero-order valence-electron chi connectivity index (χ0n) is 16.7. The van der Waals surface area contributed by atoms with E-state index in [4.69, 9.17) is 15.5 Å². The van der Waals surface area contributed by atoms with Gasteiger partial charge in [-0.15, -0.1) is 0 Å². The molecule has 5 rings (SSSR count). The molecule has 4 aromatic rings. The summed E-state index contributed by atoms with van der Waals surface area (Å²) in [6, 6.07) is 11.4. The average Bonchev–Trinajstić information content (AvgIpc) is 3.40. The number of halogens is 1. The summed E-state index contributed by atoms with van der Waals surface area (Å²) in [5.74, 6) is 1.10. The van der Waals surface area contributed by atoms with Crippen molar-refractivity contribution in [1.29, 1.82) is 0 Å². The second-order valence-electron chi connectivity index (χ2n) is 7.45. The molecule has 0 fully saturated rings. The number of fused-ring (bicyclic) bond motifs is 2. The van der Waals surface area contributed by atoms with E-state index in [1.165, 1.54) is 6.07 Å². The van der Waals surface area contributed by atoms with Gasteiger partial charge in [0.1, 0.15) is 17.2 Å². The minimum Gasteiger partial charge on any atom is -0.493 e. The summed E-state index contributed by atoms with van der Waals surface area (Å²) in [4.78, 5) is 9.31. The molecule has 0 saturated carbocycles. The summed E-state index contributed by atoms with van der Waals surface area (Å²) in [6.45, 7) is 3.27. The highest BCUT2D eigenvalue weighted by molar-refractivity contribution is 5.78. The number of nitrogens with zero attached hydrogens (tertiary/aromatic N) is 3. The van der Waals surface area contributed by atoms with Gasteiger partial charge >= 0.3 is 0 Å². The number of anilines is 1. The molecule has 6 nitrogen and oxygen atoms in total. The van der Waals surface area contributed by atoms with Gasteiger partial charge in [-0.1, -0.05) is 29.8 Å². The van der Waals surface area contributed by atoms with Crippen LogP contribution in [0, 0.1) is 12.7 Å². The van der Waals surface area contributed by atoms with Crippen LogP contribution in [0.3, 0.4) is 0 Å². The molecule has 0 unspecified atom stereocenters. The normalized spacial score (nSPS) is 12.8. The molecule has 152 valence electrons. The molecule has 3 N–H and O–H groups in total. The summed E-state index contributed by atoms with van der Waals surface area (Å²) in [5.41, 5.74) is 12.0. The van der Waals surface area contributed by atoms with Crippen LogP contribution in [0.15, 0.2) is 48.8 Å². The number of aromatic nitrogens is 3. The van der Waals surface area contributed by atoms with Gasteiger partial charge in [0.2, 0.25) is 5.95 Å². The van der Waals surface area contributed by atoms with Crippen molar-refractivity contribution >= 4 is 11.6 Å². The van der Waals surface area contributed by atoms with Gasteiger partial charge in [0, 0.05) is 48.6 Å². The number of imidazole rings is 1. The molecular formula is C23H22FN5O. The first-order valence-electron chi connectivity index (χ1n) is 9.95. The third-order valence-electron chi connectivity index (χ3n) is 5.44. The summed E-state index contributed by atoms with van der Waals surface area (Å²) in [5, 5.41) is 3.28. The highest BCUT2D eigenvalue weighted by atomic mass is 19.1. The van der Waals surface area contributed by atoms with Gasteiger partial charge in [-0.05, 0) is 24.6 Å². The minimum atomic E-state index is -0.243. The smallest absolute Gasteiger partial charge is 0.208 e. The third kappa shape index (κ3) is 3.17. The van der Waals surface area contributed by atoms with Crippen molar-refractivity contribution in [1.82, 2.24) is 14.4 Å². The Balaban J connectivity index is 1.54. The zero-order valence-corrected chi connectivity index (χ0v) is 16.7. The second-order valence-corrected chi connectivity index (χ2v) is 7.45. The van der Waals surface area contributed by atoms with Crippen LogP contribution >= 0.6 is 0 Å². The van der Waals surface area contributed by atoms with E-state index in [-0.39, 0.29) is 5.82 Å². The number of hydrogen-bond donors (Lipinski definition) is 2. The molecule has 0 aliphatic carbocycles. The fraction of sp³-hybridized carbons (Fsp3) is 0.217. The Kier molecular flexibility index (Phi) is 4.59. The summed E-state index contributed by atoms with van der Waals surface area (Å²) in [7, 11) is 0. The van der Waals surface area contributed by atoms with E-state index >= 15 is 0 Å². The van der Waals surface area contributed by atoms with Gasteiger partial charge in [-0.25, -0.2) is 14.4 Å². The lowest BCUT2D eigenvalue weighted by Crippen LogP contribution is -2.09. The van der Waals surface area contributed by atoms with Crippen molar-refractivity contribution in [3.63, 3.8) is 0 Å². The summed E-state index contributed by atoms with van der Waals surface area (Å²) < 4.78 is 21.9. The van der Waals surface area contributed by atoms with Gasteiger partial charge in [-0.3, -0.25) is 4.40 Å². The van der Waals surface area contributed by atoms with Crippen molar-refractivity contribution in [2.45, 2.75) is 26.4 Å². The van der Waals surface area contributed by atoms with Gasteiger partial charge in [0.05, 0.1) is 12.3 Å². The van der Waals surface area contributed by atoms with E-state index in [0.29, 0.717) is 37.6 Å². The van der Waals surface area contributed by atoms with Crippen molar-refractivity contribution in [2.24, 2.45) is 5.73 Å².